The van der Waals surface area contributed by atoms with Gasteiger partial charge in [0.15, 0.2) is 0 Å². The molecule has 1 fully saturated rings. The predicted octanol–water partition coefficient (Wildman–Crippen LogP) is 4.92. The molecule has 2 aliphatic rings. The van der Waals surface area contributed by atoms with Gasteiger partial charge in [0.2, 0.25) is 0 Å². The molecule has 3 aromatic rings. The minimum absolute atomic E-state index is 0.387. The van der Waals surface area contributed by atoms with Gasteiger partial charge in [0.1, 0.15) is 5.60 Å². The summed E-state index contributed by atoms with van der Waals surface area (Å²) in [5.74, 6) is 6.68. The zero-order valence-corrected chi connectivity index (χ0v) is 17.1. The predicted molar refractivity (Wildman–Crippen MR) is 120 cm³/mol. The smallest absolute Gasteiger partial charge is 0.127 e. The van der Waals surface area contributed by atoms with E-state index in [-0.39, 0.29) is 0 Å². The van der Waals surface area contributed by atoms with Gasteiger partial charge in [0, 0.05) is 24.9 Å². The summed E-state index contributed by atoms with van der Waals surface area (Å²) in [5.41, 5.74) is 4.40. The number of hydrogen-bond acceptors (Lipinski definition) is 3. The van der Waals surface area contributed by atoms with Crippen LogP contribution in [-0.2, 0) is 5.60 Å². The molecule has 0 spiro atoms. The van der Waals surface area contributed by atoms with Crippen LogP contribution in [0.3, 0.4) is 0 Å². The monoisotopic (exact) mass is 394 g/mol. The van der Waals surface area contributed by atoms with Crippen LogP contribution in [-0.4, -0.2) is 28.1 Å². The topological polar surface area (TPSA) is 36.4 Å². The van der Waals surface area contributed by atoms with Gasteiger partial charge >= 0.3 is 0 Å². The number of hydrogen-bond donors (Lipinski definition) is 1. The molecule has 0 radical (unpaired) electrons. The fourth-order valence-electron chi connectivity index (χ4n) is 4.97. The summed E-state index contributed by atoms with van der Waals surface area (Å²) in [6.45, 7) is 1.78. The highest BCUT2D eigenvalue weighted by molar-refractivity contribution is 5.80. The molecule has 1 saturated heterocycles. The molecule has 1 aliphatic heterocycles. The number of rotatable bonds is 3. The van der Waals surface area contributed by atoms with Gasteiger partial charge in [-0.25, -0.2) is 0 Å². The first kappa shape index (κ1) is 19.1. The Hall–Kier alpha value is -2.93. The van der Waals surface area contributed by atoms with Crippen molar-refractivity contribution in [3.63, 3.8) is 0 Å². The maximum absolute atomic E-state index is 11.6. The summed E-state index contributed by atoms with van der Waals surface area (Å²) in [7, 11) is 0. The second kappa shape index (κ2) is 8.07. The highest BCUT2D eigenvalue weighted by Crippen LogP contribution is 2.48. The second-order valence-electron chi connectivity index (χ2n) is 8.25. The lowest BCUT2D eigenvalue weighted by atomic mass is 9.88. The molecule has 3 heteroatoms. The summed E-state index contributed by atoms with van der Waals surface area (Å²) in [6.07, 6.45) is 7.82. The zero-order chi connectivity index (χ0) is 20.4. The maximum atomic E-state index is 11.6. The van der Waals surface area contributed by atoms with E-state index in [9.17, 15) is 5.11 Å². The fourth-order valence-corrected chi connectivity index (χ4v) is 4.97. The molecule has 1 unspecified atom stereocenters. The number of likely N-dealkylation sites (tertiary alicyclic amines) is 1. The lowest BCUT2D eigenvalue weighted by Gasteiger charge is -2.34. The van der Waals surface area contributed by atoms with E-state index in [0.29, 0.717) is 12.5 Å². The van der Waals surface area contributed by atoms with Crippen LogP contribution in [0.25, 0.3) is 11.1 Å². The van der Waals surface area contributed by atoms with Gasteiger partial charge in [-0.15, -0.1) is 0 Å². The molecule has 2 aromatic carbocycles. The maximum Gasteiger partial charge on any atom is 0.127 e. The van der Waals surface area contributed by atoms with E-state index >= 15 is 0 Å². The summed E-state index contributed by atoms with van der Waals surface area (Å²) in [6, 6.07) is 20.8. The number of piperidine rings is 1. The Labute approximate surface area is 178 Å². The van der Waals surface area contributed by atoms with E-state index in [1.807, 2.05) is 54.9 Å². The lowest BCUT2D eigenvalue weighted by molar-refractivity contribution is 0.0913. The number of aliphatic hydroxyl groups is 1. The minimum Gasteiger partial charge on any atom is -0.379 e. The first-order valence-corrected chi connectivity index (χ1v) is 10.8. The molecule has 0 saturated carbocycles. The number of benzene rings is 2. The summed E-state index contributed by atoms with van der Waals surface area (Å²) < 4.78 is 0. The van der Waals surface area contributed by atoms with Gasteiger partial charge in [-0.3, -0.25) is 9.88 Å². The van der Waals surface area contributed by atoms with Gasteiger partial charge < -0.3 is 5.11 Å². The van der Waals surface area contributed by atoms with E-state index in [1.54, 1.807) is 0 Å². The Morgan fingerprint density at radius 1 is 0.933 bits per heavy atom. The van der Waals surface area contributed by atoms with E-state index in [1.165, 1.54) is 18.4 Å². The van der Waals surface area contributed by atoms with Crippen molar-refractivity contribution in [2.24, 2.45) is 0 Å². The minimum atomic E-state index is -1.04. The van der Waals surface area contributed by atoms with Crippen LogP contribution in [0.4, 0.5) is 0 Å². The zero-order valence-electron chi connectivity index (χ0n) is 17.1. The van der Waals surface area contributed by atoms with Crippen molar-refractivity contribution < 1.29 is 5.11 Å². The molecule has 1 atom stereocenters. The third-order valence-corrected chi connectivity index (χ3v) is 6.47. The Bertz CT molecular complexity index is 1050. The van der Waals surface area contributed by atoms with Crippen molar-refractivity contribution in [1.82, 2.24) is 9.88 Å². The molecule has 1 aliphatic carbocycles. The Balaban J connectivity index is 1.36. The molecular formula is C27H26N2O. The lowest BCUT2D eigenvalue weighted by Crippen LogP contribution is -2.33. The number of aromatic nitrogens is 1. The molecule has 2 heterocycles. The van der Waals surface area contributed by atoms with Crippen LogP contribution in [0, 0.1) is 11.8 Å². The van der Waals surface area contributed by atoms with Crippen LogP contribution >= 0.6 is 0 Å². The molecule has 30 heavy (non-hydrogen) atoms. The van der Waals surface area contributed by atoms with Crippen molar-refractivity contribution in [2.75, 3.05) is 13.1 Å². The van der Waals surface area contributed by atoms with Gasteiger partial charge in [-0.1, -0.05) is 72.9 Å². The van der Waals surface area contributed by atoms with E-state index in [2.05, 4.69) is 39.9 Å². The molecular weight excluding hydrogens is 368 g/mol. The van der Waals surface area contributed by atoms with Crippen LogP contribution in [0.5, 0.6) is 0 Å². The SMILES string of the molecule is OC1(CC#CCN2CCCCC2c2cccnc2)c2ccccc2-c2ccccc21. The number of nitrogens with zero attached hydrogens (tertiary/aromatic N) is 2. The largest absolute Gasteiger partial charge is 0.379 e. The third-order valence-electron chi connectivity index (χ3n) is 6.47. The van der Waals surface area contributed by atoms with Gasteiger partial charge in [-0.2, -0.15) is 0 Å². The molecule has 5 rings (SSSR count). The standard InChI is InChI=1S/C27H26N2O/c30-27(24-13-3-1-11-22(24)23-12-2-4-14-25(23)27)16-6-8-19-29-18-7-5-15-26(29)21-10-9-17-28-20-21/h1-4,9-14,17,20,26,30H,5,7,15-16,18-19H2. The molecule has 0 amide bonds. The van der Waals surface area contributed by atoms with Gasteiger partial charge in [-0.05, 0) is 53.3 Å². The number of fused-ring (bicyclic) bond motifs is 3. The van der Waals surface area contributed by atoms with Crippen LogP contribution < -0.4 is 0 Å². The number of pyridine rings is 1. The Morgan fingerprint density at radius 3 is 2.37 bits per heavy atom. The quantitative estimate of drug-likeness (QED) is 0.641. The van der Waals surface area contributed by atoms with Gasteiger partial charge in [0.25, 0.3) is 0 Å². The molecule has 0 bridgehead atoms. The summed E-state index contributed by atoms with van der Waals surface area (Å²) in [5, 5.41) is 11.6. The van der Waals surface area contributed by atoms with Crippen LogP contribution in [0.2, 0.25) is 0 Å². The Kier molecular flexibility index (Phi) is 5.12. The van der Waals surface area contributed by atoms with Gasteiger partial charge in [0.05, 0.1) is 6.54 Å². The molecule has 1 N–H and O–H groups in total. The summed E-state index contributed by atoms with van der Waals surface area (Å²) in [4.78, 5) is 6.75. The van der Waals surface area contributed by atoms with Crippen molar-refractivity contribution in [3.8, 4) is 23.0 Å². The first-order chi connectivity index (χ1) is 14.8. The first-order valence-electron chi connectivity index (χ1n) is 10.8. The fraction of sp³-hybridized carbons (Fsp3) is 0.296. The average molecular weight is 395 g/mol. The van der Waals surface area contributed by atoms with Crippen LogP contribution in [0.15, 0.2) is 73.1 Å². The highest BCUT2D eigenvalue weighted by Gasteiger charge is 2.40. The third kappa shape index (κ3) is 3.33. The molecule has 3 nitrogen and oxygen atoms in total. The van der Waals surface area contributed by atoms with E-state index < -0.39 is 5.60 Å². The van der Waals surface area contributed by atoms with Crippen molar-refractivity contribution in [2.45, 2.75) is 37.3 Å². The summed E-state index contributed by atoms with van der Waals surface area (Å²) >= 11 is 0. The highest BCUT2D eigenvalue weighted by atomic mass is 16.3. The van der Waals surface area contributed by atoms with Crippen molar-refractivity contribution >= 4 is 0 Å². The van der Waals surface area contributed by atoms with Crippen molar-refractivity contribution in [3.05, 3.63) is 89.7 Å². The molecule has 150 valence electrons. The Morgan fingerprint density at radius 2 is 1.67 bits per heavy atom. The van der Waals surface area contributed by atoms with E-state index in [0.717, 1.165) is 41.8 Å². The average Bonchev–Trinajstić information content (AvgIpc) is 3.07. The van der Waals surface area contributed by atoms with Crippen LogP contribution in [0.1, 0.15) is 48.4 Å². The van der Waals surface area contributed by atoms with E-state index in [4.69, 9.17) is 0 Å². The normalized spacial score (nSPS) is 19.4. The molecule has 1 aromatic heterocycles. The van der Waals surface area contributed by atoms with Crippen molar-refractivity contribution in [1.29, 1.82) is 0 Å². The second-order valence-corrected chi connectivity index (χ2v) is 8.25.